The van der Waals surface area contributed by atoms with Gasteiger partial charge in [0.05, 0.1) is 5.69 Å². The van der Waals surface area contributed by atoms with Crippen LogP contribution in [0.5, 0.6) is 5.75 Å². The number of pyridine rings is 1. The summed E-state index contributed by atoms with van der Waals surface area (Å²) in [6.45, 7) is 2.42. The number of aryl methyl sites for hydroxylation is 1. The number of halogens is 1. The number of anilines is 1. The first-order valence-electron chi connectivity index (χ1n) is 5.24. The van der Waals surface area contributed by atoms with E-state index >= 15 is 0 Å². The van der Waals surface area contributed by atoms with Gasteiger partial charge in [-0.2, -0.15) is 0 Å². The highest BCUT2D eigenvalue weighted by molar-refractivity contribution is 6.29. The molecule has 0 fully saturated rings. The molecule has 0 aliphatic rings. The number of hydrogen-bond acceptors (Lipinski definition) is 3. The van der Waals surface area contributed by atoms with Crippen LogP contribution in [0.25, 0.3) is 0 Å². The fraction of sp³-hybridized carbons (Fsp3) is 0.154. The zero-order valence-corrected chi connectivity index (χ0v) is 10.2. The van der Waals surface area contributed by atoms with E-state index in [2.05, 4.69) is 4.98 Å². The molecule has 0 bridgehead atoms. The van der Waals surface area contributed by atoms with Crippen molar-refractivity contribution in [3.8, 4) is 5.75 Å². The molecule has 2 rings (SSSR count). The summed E-state index contributed by atoms with van der Waals surface area (Å²) in [6, 6.07) is 9.33. The number of nitrogens with two attached hydrogens (primary N) is 1. The molecule has 2 aromatic rings. The Morgan fingerprint density at radius 1 is 1.29 bits per heavy atom. The smallest absolute Gasteiger partial charge is 0.142 e. The van der Waals surface area contributed by atoms with Gasteiger partial charge in [-0.1, -0.05) is 23.7 Å². The summed E-state index contributed by atoms with van der Waals surface area (Å²) in [5.74, 6) is 0.686. The molecule has 0 aliphatic heterocycles. The molecule has 0 unspecified atom stereocenters. The number of rotatable bonds is 3. The lowest BCUT2D eigenvalue weighted by atomic mass is 10.2. The van der Waals surface area contributed by atoms with E-state index in [9.17, 15) is 0 Å². The molecule has 3 nitrogen and oxygen atoms in total. The molecule has 4 heteroatoms. The third-order valence-corrected chi connectivity index (χ3v) is 2.57. The number of hydrogen-bond donors (Lipinski definition) is 1. The zero-order valence-electron chi connectivity index (χ0n) is 9.48. The van der Waals surface area contributed by atoms with Crippen LogP contribution in [0.2, 0.25) is 5.15 Å². The van der Waals surface area contributed by atoms with Gasteiger partial charge >= 0.3 is 0 Å². The van der Waals surface area contributed by atoms with Crippen LogP contribution in [0.3, 0.4) is 0 Å². The third kappa shape index (κ3) is 3.11. The SMILES string of the molecule is Cc1ccc(OCc2ccc(Cl)nc2)c(N)c1. The summed E-state index contributed by atoms with van der Waals surface area (Å²) in [6.07, 6.45) is 1.69. The van der Waals surface area contributed by atoms with Crippen LogP contribution in [-0.4, -0.2) is 4.98 Å². The summed E-state index contributed by atoms with van der Waals surface area (Å²) in [4.78, 5) is 3.98. The van der Waals surface area contributed by atoms with E-state index < -0.39 is 0 Å². The van der Waals surface area contributed by atoms with E-state index in [-0.39, 0.29) is 0 Å². The van der Waals surface area contributed by atoms with Gasteiger partial charge in [0.15, 0.2) is 0 Å². The van der Waals surface area contributed by atoms with Crippen LogP contribution in [0, 0.1) is 6.92 Å². The van der Waals surface area contributed by atoms with Crippen LogP contribution < -0.4 is 10.5 Å². The highest BCUT2D eigenvalue weighted by atomic mass is 35.5. The minimum absolute atomic E-state index is 0.428. The van der Waals surface area contributed by atoms with Crippen molar-refractivity contribution in [2.75, 3.05) is 5.73 Å². The van der Waals surface area contributed by atoms with Crippen LogP contribution in [-0.2, 0) is 6.61 Å². The molecule has 2 N–H and O–H groups in total. The first kappa shape index (κ1) is 11.7. The highest BCUT2D eigenvalue weighted by Crippen LogP contribution is 2.23. The molecule has 88 valence electrons. The molecule has 0 atom stereocenters. The summed E-state index contributed by atoms with van der Waals surface area (Å²) < 4.78 is 5.61. The maximum absolute atomic E-state index is 5.85. The molecule has 1 aromatic carbocycles. The molecular formula is C13H13ClN2O. The first-order chi connectivity index (χ1) is 8.15. The third-order valence-electron chi connectivity index (χ3n) is 2.35. The van der Waals surface area contributed by atoms with Gasteiger partial charge < -0.3 is 10.5 Å². The van der Waals surface area contributed by atoms with E-state index in [1.54, 1.807) is 12.3 Å². The predicted molar refractivity (Wildman–Crippen MR) is 69.2 cm³/mol. The lowest BCUT2D eigenvalue weighted by molar-refractivity contribution is 0.307. The number of aromatic nitrogens is 1. The van der Waals surface area contributed by atoms with Crippen LogP contribution in [0.15, 0.2) is 36.5 Å². The Kier molecular flexibility index (Phi) is 3.49. The van der Waals surface area contributed by atoms with Gasteiger partial charge in [0.25, 0.3) is 0 Å². The van der Waals surface area contributed by atoms with Crippen molar-refractivity contribution in [2.45, 2.75) is 13.5 Å². The highest BCUT2D eigenvalue weighted by Gasteiger charge is 2.01. The second-order valence-electron chi connectivity index (χ2n) is 3.82. The molecule has 0 saturated carbocycles. The Labute approximate surface area is 105 Å². The Bertz CT molecular complexity index is 511. The van der Waals surface area contributed by atoms with E-state index in [0.717, 1.165) is 11.1 Å². The number of nitrogens with zero attached hydrogens (tertiary/aromatic N) is 1. The van der Waals surface area contributed by atoms with E-state index in [4.69, 9.17) is 22.1 Å². The molecule has 0 amide bonds. The summed E-state index contributed by atoms with van der Waals surface area (Å²) in [5.41, 5.74) is 8.56. The Morgan fingerprint density at radius 3 is 2.76 bits per heavy atom. The maximum Gasteiger partial charge on any atom is 0.142 e. The van der Waals surface area contributed by atoms with Gasteiger partial charge in [-0.05, 0) is 30.7 Å². The van der Waals surface area contributed by atoms with Gasteiger partial charge in [0.1, 0.15) is 17.5 Å². The molecule has 0 radical (unpaired) electrons. The molecule has 0 saturated heterocycles. The predicted octanol–water partition coefficient (Wildman–Crippen LogP) is 3.20. The molecule has 17 heavy (non-hydrogen) atoms. The van der Waals surface area contributed by atoms with Crippen LogP contribution in [0.1, 0.15) is 11.1 Å². The zero-order chi connectivity index (χ0) is 12.3. The molecule has 1 aromatic heterocycles. The molecule has 0 spiro atoms. The lowest BCUT2D eigenvalue weighted by Crippen LogP contribution is -1.99. The van der Waals surface area contributed by atoms with Gasteiger partial charge in [-0.15, -0.1) is 0 Å². The Hall–Kier alpha value is -1.74. The van der Waals surface area contributed by atoms with Crippen molar-refractivity contribution < 1.29 is 4.74 Å². The minimum Gasteiger partial charge on any atom is -0.487 e. The second kappa shape index (κ2) is 5.06. The summed E-state index contributed by atoms with van der Waals surface area (Å²) >= 11 is 5.70. The monoisotopic (exact) mass is 248 g/mol. The summed E-state index contributed by atoms with van der Waals surface area (Å²) in [7, 11) is 0. The van der Waals surface area contributed by atoms with Crippen molar-refractivity contribution in [1.29, 1.82) is 0 Å². The van der Waals surface area contributed by atoms with Crippen molar-refractivity contribution >= 4 is 17.3 Å². The molecule has 0 aliphatic carbocycles. The largest absolute Gasteiger partial charge is 0.487 e. The topological polar surface area (TPSA) is 48.1 Å². The summed E-state index contributed by atoms with van der Waals surface area (Å²) in [5, 5.41) is 0.476. The number of ether oxygens (including phenoxy) is 1. The van der Waals surface area contributed by atoms with Gasteiger partial charge in [-0.3, -0.25) is 0 Å². The van der Waals surface area contributed by atoms with Gasteiger partial charge in [0, 0.05) is 11.8 Å². The Balaban J connectivity index is 2.04. The average molecular weight is 249 g/mol. The van der Waals surface area contributed by atoms with E-state index in [1.807, 2.05) is 31.2 Å². The molecular weight excluding hydrogens is 236 g/mol. The molecule has 1 heterocycles. The Morgan fingerprint density at radius 2 is 2.12 bits per heavy atom. The number of benzene rings is 1. The minimum atomic E-state index is 0.428. The quantitative estimate of drug-likeness (QED) is 0.670. The second-order valence-corrected chi connectivity index (χ2v) is 4.21. The van der Waals surface area contributed by atoms with Gasteiger partial charge in [0.2, 0.25) is 0 Å². The van der Waals surface area contributed by atoms with Crippen molar-refractivity contribution in [1.82, 2.24) is 4.98 Å². The first-order valence-corrected chi connectivity index (χ1v) is 5.62. The van der Waals surface area contributed by atoms with Crippen molar-refractivity contribution in [2.24, 2.45) is 0 Å². The van der Waals surface area contributed by atoms with E-state index in [0.29, 0.717) is 23.2 Å². The fourth-order valence-corrected chi connectivity index (χ4v) is 1.56. The van der Waals surface area contributed by atoms with E-state index in [1.165, 1.54) is 0 Å². The normalized spacial score (nSPS) is 10.2. The number of nitrogen functional groups attached to an aromatic ring is 1. The van der Waals surface area contributed by atoms with Gasteiger partial charge in [-0.25, -0.2) is 4.98 Å². The lowest BCUT2D eigenvalue weighted by Gasteiger charge is -2.09. The average Bonchev–Trinajstić information content (AvgIpc) is 2.30. The van der Waals surface area contributed by atoms with Crippen molar-refractivity contribution in [3.05, 3.63) is 52.8 Å². The standard InChI is InChI=1S/C13H13ClN2O/c1-9-2-4-12(11(15)6-9)17-8-10-3-5-13(14)16-7-10/h2-7H,8,15H2,1H3. The van der Waals surface area contributed by atoms with Crippen molar-refractivity contribution in [3.63, 3.8) is 0 Å². The van der Waals surface area contributed by atoms with Crippen LogP contribution >= 0.6 is 11.6 Å². The fourth-order valence-electron chi connectivity index (χ4n) is 1.45. The van der Waals surface area contributed by atoms with Crippen LogP contribution in [0.4, 0.5) is 5.69 Å². The maximum atomic E-state index is 5.85.